The summed E-state index contributed by atoms with van der Waals surface area (Å²) in [6, 6.07) is 4.67. The van der Waals surface area contributed by atoms with E-state index >= 15 is 0 Å². The second-order valence-corrected chi connectivity index (χ2v) is 4.41. The molecule has 1 aliphatic heterocycles. The van der Waals surface area contributed by atoms with Gasteiger partial charge in [-0.1, -0.05) is 11.6 Å². The molecule has 0 bridgehead atoms. The molecule has 1 atom stereocenters. The third kappa shape index (κ3) is 3.17. The molecule has 1 unspecified atom stereocenters. The highest BCUT2D eigenvalue weighted by atomic mass is 35.5. The van der Waals surface area contributed by atoms with E-state index in [1.54, 1.807) is 12.1 Å². The quantitative estimate of drug-likeness (QED) is 0.880. The predicted octanol–water partition coefficient (Wildman–Crippen LogP) is 2.40. The highest BCUT2D eigenvalue weighted by Gasteiger charge is 2.14. The lowest BCUT2D eigenvalue weighted by atomic mass is 10.1. The molecule has 0 aliphatic carbocycles. The first-order chi connectivity index (χ1) is 7.75. The lowest BCUT2D eigenvalue weighted by molar-refractivity contribution is 0.0237. The Morgan fingerprint density at radius 3 is 3.12 bits per heavy atom. The summed E-state index contributed by atoms with van der Waals surface area (Å²) in [6.07, 6.45) is 1.68. The third-order valence-corrected chi connectivity index (χ3v) is 2.98. The van der Waals surface area contributed by atoms with Crippen LogP contribution in [0.5, 0.6) is 0 Å². The Kier molecular flexibility index (Phi) is 4.16. The molecule has 0 amide bonds. The van der Waals surface area contributed by atoms with Crippen LogP contribution in [0.15, 0.2) is 18.2 Å². The zero-order valence-corrected chi connectivity index (χ0v) is 9.77. The van der Waals surface area contributed by atoms with E-state index in [4.69, 9.17) is 16.3 Å². The molecular formula is C12H15ClFNO. The standard InChI is InChI=1S/C12H15ClFNO/c13-10-2-4-12(14)9(7-10)1-3-11-8-15-5-6-16-11/h2,4,7,11,15H,1,3,5-6,8H2. The summed E-state index contributed by atoms with van der Waals surface area (Å²) in [5.41, 5.74) is 0.668. The van der Waals surface area contributed by atoms with Gasteiger partial charge < -0.3 is 10.1 Å². The number of hydrogen-bond acceptors (Lipinski definition) is 2. The van der Waals surface area contributed by atoms with Crippen LogP contribution in [0.25, 0.3) is 0 Å². The van der Waals surface area contributed by atoms with Crippen molar-refractivity contribution < 1.29 is 9.13 Å². The predicted molar refractivity (Wildman–Crippen MR) is 62.3 cm³/mol. The zero-order chi connectivity index (χ0) is 11.4. The molecule has 1 aromatic carbocycles. The molecule has 1 saturated heterocycles. The third-order valence-electron chi connectivity index (χ3n) is 2.75. The number of nitrogens with one attached hydrogen (secondary N) is 1. The Hall–Kier alpha value is -0.640. The molecule has 1 aromatic rings. The Labute approximate surface area is 99.7 Å². The van der Waals surface area contributed by atoms with E-state index in [0.717, 1.165) is 26.1 Å². The molecule has 1 N–H and O–H groups in total. The number of halogens is 2. The van der Waals surface area contributed by atoms with Gasteiger partial charge in [-0.05, 0) is 36.6 Å². The highest BCUT2D eigenvalue weighted by molar-refractivity contribution is 6.30. The van der Waals surface area contributed by atoms with Crippen molar-refractivity contribution in [1.82, 2.24) is 5.32 Å². The van der Waals surface area contributed by atoms with Crippen molar-refractivity contribution in [1.29, 1.82) is 0 Å². The van der Waals surface area contributed by atoms with Gasteiger partial charge in [0.1, 0.15) is 5.82 Å². The first kappa shape index (κ1) is 11.8. The molecular weight excluding hydrogens is 229 g/mol. The SMILES string of the molecule is Fc1ccc(Cl)cc1CCC1CNCCO1. The van der Waals surface area contributed by atoms with Gasteiger partial charge in [0.2, 0.25) is 0 Å². The van der Waals surface area contributed by atoms with Crippen LogP contribution in [0.4, 0.5) is 4.39 Å². The Morgan fingerprint density at radius 2 is 2.38 bits per heavy atom. The average Bonchev–Trinajstić information content (AvgIpc) is 2.32. The molecule has 0 spiro atoms. The lowest BCUT2D eigenvalue weighted by Gasteiger charge is -2.23. The van der Waals surface area contributed by atoms with Gasteiger partial charge >= 0.3 is 0 Å². The van der Waals surface area contributed by atoms with Crippen LogP contribution < -0.4 is 5.32 Å². The topological polar surface area (TPSA) is 21.3 Å². The fraction of sp³-hybridized carbons (Fsp3) is 0.500. The summed E-state index contributed by atoms with van der Waals surface area (Å²) in [5, 5.41) is 3.83. The Balaban J connectivity index is 1.90. The van der Waals surface area contributed by atoms with E-state index in [0.29, 0.717) is 17.0 Å². The molecule has 88 valence electrons. The van der Waals surface area contributed by atoms with E-state index in [-0.39, 0.29) is 11.9 Å². The van der Waals surface area contributed by atoms with E-state index in [1.165, 1.54) is 6.07 Å². The van der Waals surface area contributed by atoms with Crippen LogP contribution in [0.3, 0.4) is 0 Å². The molecule has 1 fully saturated rings. The summed E-state index contributed by atoms with van der Waals surface area (Å²) >= 11 is 5.83. The van der Waals surface area contributed by atoms with Gasteiger partial charge in [-0.2, -0.15) is 0 Å². The summed E-state index contributed by atoms with van der Waals surface area (Å²) in [7, 11) is 0. The van der Waals surface area contributed by atoms with Crippen molar-refractivity contribution in [3.63, 3.8) is 0 Å². The molecule has 4 heteroatoms. The van der Waals surface area contributed by atoms with E-state index in [9.17, 15) is 4.39 Å². The molecule has 2 rings (SSSR count). The van der Waals surface area contributed by atoms with Crippen LogP contribution in [-0.2, 0) is 11.2 Å². The summed E-state index contributed by atoms with van der Waals surface area (Å²) in [4.78, 5) is 0. The normalized spacial score (nSPS) is 21.0. The van der Waals surface area contributed by atoms with Gasteiger partial charge in [0, 0.05) is 18.1 Å². The minimum absolute atomic E-state index is 0.187. The van der Waals surface area contributed by atoms with Crippen molar-refractivity contribution in [2.45, 2.75) is 18.9 Å². The van der Waals surface area contributed by atoms with Gasteiger partial charge in [0.05, 0.1) is 12.7 Å². The maximum Gasteiger partial charge on any atom is 0.126 e. The van der Waals surface area contributed by atoms with E-state index in [2.05, 4.69) is 5.32 Å². The van der Waals surface area contributed by atoms with Gasteiger partial charge in [-0.25, -0.2) is 4.39 Å². The van der Waals surface area contributed by atoms with Crippen molar-refractivity contribution >= 4 is 11.6 Å². The lowest BCUT2D eigenvalue weighted by Crippen LogP contribution is -2.38. The maximum atomic E-state index is 13.4. The Morgan fingerprint density at radius 1 is 1.50 bits per heavy atom. The summed E-state index contributed by atoms with van der Waals surface area (Å²) in [5.74, 6) is -0.187. The van der Waals surface area contributed by atoms with Crippen LogP contribution in [0, 0.1) is 5.82 Å². The molecule has 0 aromatic heterocycles. The highest BCUT2D eigenvalue weighted by Crippen LogP contribution is 2.17. The van der Waals surface area contributed by atoms with Crippen LogP contribution in [0.2, 0.25) is 5.02 Å². The van der Waals surface area contributed by atoms with Crippen molar-refractivity contribution in [2.24, 2.45) is 0 Å². The fourth-order valence-electron chi connectivity index (χ4n) is 1.86. The van der Waals surface area contributed by atoms with Crippen molar-refractivity contribution in [3.8, 4) is 0 Å². The molecule has 0 saturated carbocycles. The second-order valence-electron chi connectivity index (χ2n) is 3.97. The Bertz CT molecular complexity index is 353. The summed E-state index contributed by atoms with van der Waals surface area (Å²) in [6.45, 7) is 2.49. The number of ether oxygens (including phenoxy) is 1. The molecule has 2 nitrogen and oxygen atoms in total. The first-order valence-corrected chi connectivity index (χ1v) is 5.90. The largest absolute Gasteiger partial charge is 0.376 e. The van der Waals surface area contributed by atoms with Gasteiger partial charge in [-0.3, -0.25) is 0 Å². The number of aryl methyl sites for hydroxylation is 1. The second kappa shape index (κ2) is 5.62. The number of hydrogen-bond donors (Lipinski definition) is 1. The molecule has 16 heavy (non-hydrogen) atoms. The monoisotopic (exact) mass is 243 g/mol. The van der Waals surface area contributed by atoms with Gasteiger partial charge in [0.15, 0.2) is 0 Å². The average molecular weight is 244 g/mol. The van der Waals surface area contributed by atoms with E-state index in [1.807, 2.05) is 0 Å². The number of benzene rings is 1. The van der Waals surface area contributed by atoms with Crippen molar-refractivity contribution in [3.05, 3.63) is 34.6 Å². The van der Waals surface area contributed by atoms with Crippen LogP contribution in [-0.4, -0.2) is 25.8 Å². The minimum atomic E-state index is -0.187. The molecule has 1 heterocycles. The smallest absolute Gasteiger partial charge is 0.126 e. The minimum Gasteiger partial charge on any atom is -0.376 e. The number of morpholine rings is 1. The van der Waals surface area contributed by atoms with Gasteiger partial charge in [-0.15, -0.1) is 0 Å². The number of rotatable bonds is 3. The summed E-state index contributed by atoms with van der Waals surface area (Å²) < 4.78 is 19.0. The first-order valence-electron chi connectivity index (χ1n) is 5.52. The fourth-order valence-corrected chi connectivity index (χ4v) is 2.05. The van der Waals surface area contributed by atoms with Crippen LogP contribution >= 0.6 is 11.6 Å². The van der Waals surface area contributed by atoms with Crippen LogP contribution in [0.1, 0.15) is 12.0 Å². The van der Waals surface area contributed by atoms with Gasteiger partial charge in [0.25, 0.3) is 0 Å². The van der Waals surface area contributed by atoms with E-state index < -0.39 is 0 Å². The maximum absolute atomic E-state index is 13.4. The zero-order valence-electron chi connectivity index (χ0n) is 9.01. The molecule has 0 radical (unpaired) electrons. The van der Waals surface area contributed by atoms with Crippen molar-refractivity contribution in [2.75, 3.05) is 19.7 Å². The molecule has 1 aliphatic rings.